The normalized spacial score (nSPS) is 29.9. The lowest BCUT2D eigenvalue weighted by Gasteiger charge is -2.34. The van der Waals surface area contributed by atoms with Gasteiger partial charge in [-0.25, -0.2) is 0 Å². The Balaban J connectivity index is 2.18. The van der Waals surface area contributed by atoms with Crippen molar-refractivity contribution in [3.05, 3.63) is 0 Å². The van der Waals surface area contributed by atoms with Crippen LogP contribution in [0.15, 0.2) is 0 Å². The lowest BCUT2D eigenvalue weighted by Crippen LogP contribution is -2.43. The molecule has 1 N–H and O–H groups in total. The van der Waals surface area contributed by atoms with Gasteiger partial charge in [0, 0.05) is 13.0 Å². The molecule has 0 saturated carbocycles. The van der Waals surface area contributed by atoms with Crippen LogP contribution in [0.3, 0.4) is 0 Å². The van der Waals surface area contributed by atoms with Gasteiger partial charge >= 0.3 is 0 Å². The summed E-state index contributed by atoms with van der Waals surface area (Å²) in [5.74, 6) is 0.437. The van der Waals surface area contributed by atoms with Crippen molar-refractivity contribution in [2.45, 2.75) is 32.3 Å². The highest BCUT2D eigenvalue weighted by Gasteiger charge is 2.23. The zero-order valence-electron chi connectivity index (χ0n) is 8.24. The van der Waals surface area contributed by atoms with Crippen molar-refractivity contribution in [3.8, 4) is 6.07 Å². The Morgan fingerprint density at radius 2 is 2.38 bits per heavy atom. The second-order valence-corrected chi connectivity index (χ2v) is 3.90. The van der Waals surface area contributed by atoms with Crippen LogP contribution in [0.5, 0.6) is 0 Å². The molecule has 1 rings (SSSR count). The average Bonchev–Trinajstić information content (AvgIpc) is 2.12. The van der Waals surface area contributed by atoms with E-state index in [1.165, 1.54) is 0 Å². The molecule has 13 heavy (non-hydrogen) atoms. The van der Waals surface area contributed by atoms with E-state index in [1.54, 1.807) is 0 Å². The van der Waals surface area contributed by atoms with Gasteiger partial charge < -0.3 is 10.0 Å². The van der Waals surface area contributed by atoms with Crippen LogP contribution in [0.2, 0.25) is 0 Å². The number of unbranched alkanes of at least 4 members (excludes halogenated alkanes) is 1. The van der Waals surface area contributed by atoms with E-state index in [-0.39, 0.29) is 6.10 Å². The summed E-state index contributed by atoms with van der Waals surface area (Å²) in [7, 11) is 0. The first-order valence-electron chi connectivity index (χ1n) is 5.01. The number of rotatable bonds is 3. The van der Waals surface area contributed by atoms with Gasteiger partial charge in [0.1, 0.15) is 0 Å². The van der Waals surface area contributed by atoms with E-state index >= 15 is 0 Å². The van der Waals surface area contributed by atoms with Crippen LogP contribution in [0.4, 0.5) is 0 Å². The fourth-order valence-electron chi connectivity index (χ4n) is 1.70. The van der Waals surface area contributed by atoms with Gasteiger partial charge in [0.05, 0.1) is 12.2 Å². The molecule has 0 bridgehead atoms. The van der Waals surface area contributed by atoms with Crippen LogP contribution in [-0.2, 0) is 0 Å². The van der Waals surface area contributed by atoms with Gasteiger partial charge in [-0.1, -0.05) is 6.92 Å². The van der Waals surface area contributed by atoms with Gasteiger partial charge in [-0.15, -0.1) is 0 Å². The molecule has 1 aliphatic rings. The van der Waals surface area contributed by atoms with Crippen molar-refractivity contribution in [3.63, 3.8) is 0 Å². The third kappa shape index (κ3) is 3.33. The summed E-state index contributed by atoms with van der Waals surface area (Å²) in [6, 6.07) is 2.14. The molecule has 0 amide bonds. The molecule has 2 atom stereocenters. The van der Waals surface area contributed by atoms with E-state index in [2.05, 4.69) is 17.9 Å². The first-order valence-corrected chi connectivity index (χ1v) is 5.01. The van der Waals surface area contributed by atoms with E-state index in [4.69, 9.17) is 5.26 Å². The summed E-state index contributed by atoms with van der Waals surface area (Å²) in [6.07, 6.45) is 2.46. The highest BCUT2D eigenvalue weighted by molar-refractivity contribution is 4.78. The number of β-amino-alcohol motifs (C(OH)–C–C–N with tert-alkyl or cyclic N) is 1. The molecule has 3 nitrogen and oxygen atoms in total. The summed E-state index contributed by atoms with van der Waals surface area (Å²) >= 11 is 0. The van der Waals surface area contributed by atoms with Gasteiger partial charge in [-0.3, -0.25) is 0 Å². The number of nitriles is 1. The van der Waals surface area contributed by atoms with E-state index in [0.29, 0.717) is 12.3 Å². The molecule has 1 aliphatic heterocycles. The standard InChI is InChI=1S/C10H18N2O/c1-9-4-7-12(8-10(9)13)6-3-2-5-11/h9-10,13H,2-4,6-8H2,1H3. The van der Waals surface area contributed by atoms with Crippen LogP contribution in [0.1, 0.15) is 26.2 Å². The van der Waals surface area contributed by atoms with Gasteiger partial charge in [-0.2, -0.15) is 5.26 Å². The van der Waals surface area contributed by atoms with Crippen LogP contribution in [0, 0.1) is 17.2 Å². The Kier molecular flexibility index (Phi) is 4.20. The Morgan fingerprint density at radius 1 is 1.62 bits per heavy atom. The maximum atomic E-state index is 9.60. The molecule has 2 unspecified atom stereocenters. The van der Waals surface area contributed by atoms with Gasteiger partial charge in [0.2, 0.25) is 0 Å². The summed E-state index contributed by atoms with van der Waals surface area (Å²) in [6.45, 7) is 4.91. The van der Waals surface area contributed by atoms with Crippen molar-refractivity contribution in [1.82, 2.24) is 4.90 Å². The predicted octanol–water partition coefficient (Wildman–Crippen LogP) is 0.993. The number of aliphatic hydroxyl groups excluding tert-OH is 1. The van der Waals surface area contributed by atoms with Gasteiger partial charge in [0.15, 0.2) is 0 Å². The first kappa shape index (κ1) is 10.5. The van der Waals surface area contributed by atoms with Crippen molar-refractivity contribution >= 4 is 0 Å². The third-order valence-corrected chi connectivity index (χ3v) is 2.77. The van der Waals surface area contributed by atoms with Crippen molar-refractivity contribution in [2.24, 2.45) is 5.92 Å². The van der Waals surface area contributed by atoms with Gasteiger partial charge in [0.25, 0.3) is 0 Å². The second kappa shape index (κ2) is 5.21. The fraction of sp³-hybridized carbons (Fsp3) is 0.900. The van der Waals surface area contributed by atoms with Crippen LogP contribution in [-0.4, -0.2) is 35.7 Å². The van der Waals surface area contributed by atoms with Crippen LogP contribution >= 0.6 is 0 Å². The van der Waals surface area contributed by atoms with Crippen molar-refractivity contribution in [1.29, 1.82) is 5.26 Å². The summed E-state index contributed by atoms with van der Waals surface area (Å²) in [5, 5.41) is 18.0. The second-order valence-electron chi connectivity index (χ2n) is 3.90. The monoisotopic (exact) mass is 182 g/mol. The number of nitrogens with zero attached hydrogens (tertiary/aromatic N) is 2. The Hall–Kier alpha value is -0.590. The molecule has 0 spiro atoms. The van der Waals surface area contributed by atoms with Crippen LogP contribution in [0.25, 0.3) is 0 Å². The highest BCUT2D eigenvalue weighted by Crippen LogP contribution is 2.16. The molecule has 0 aromatic rings. The molecule has 1 heterocycles. The minimum absolute atomic E-state index is 0.171. The summed E-state index contributed by atoms with van der Waals surface area (Å²) in [5.41, 5.74) is 0. The Morgan fingerprint density at radius 3 is 3.00 bits per heavy atom. The van der Waals surface area contributed by atoms with Crippen molar-refractivity contribution in [2.75, 3.05) is 19.6 Å². The molecular formula is C10H18N2O. The summed E-state index contributed by atoms with van der Waals surface area (Å²) in [4.78, 5) is 2.25. The molecule has 0 radical (unpaired) electrons. The zero-order valence-corrected chi connectivity index (χ0v) is 8.24. The molecule has 0 aliphatic carbocycles. The van der Waals surface area contributed by atoms with E-state index in [9.17, 15) is 5.11 Å². The molecule has 74 valence electrons. The Bertz CT molecular complexity index is 188. The number of piperidine rings is 1. The van der Waals surface area contributed by atoms with E-state index < -0.39 is 0 Å². The van der Waals surface area contributed by atoms with E-state index in [1.807, 2.05) is 0 Å². The maximum Gasteiger partial charge on any atom is 0.0693 e. The van der Waals surface area contributed by atoms with Crippen LogP contribution < -0.4 is 0 Å². The molecule has 1 fully saturated rings. The quantitative estimate of drug-likeness (QED) is 0.662. The minimum atomic E-state index is -0.171. The number of likely N-dealkylation sites (tertiary alicyclic amines) is 1. The molecule has 3 heteroatoms. The predicted molar refractivity (Wildman–Crippen MR) is 51.1 cm³/mol. The topological polar surface area (TPSA) is 47.3 Å². The van der Waals surface area contributed by atoms with Gasteiger partial charge in [-0.05, 0) is 31.8 Å². The lowest BCUT2D eigenvalue weighted by molar-refractivity contribution is 0.0290. The average molecular weight is 182 g/mol. The molecule has 1 saturated heterocycles. The lowest BCUT2D eigenvalue weighted by atomic mass is 9.96. The summed E-state index contributed by atoms with van der Waals surface area (Å²) < 4.78 is 0. The number of hydrogen-bond donors (Lipinski definition) is 1. The SMILES string of the molecule is CC1CCN(CCCC#N)CC1O. The first-order chi connectivity index (χ1) is 6.24. The Labute approximate surface area is 80.0 Å². The maximum absolute atomic E-state index is 9.60. The van der Waals surface area contributed by atoms with Crippen molar-refractivity contribution < 1.29 is 5.11 Å². The minimum Gasteiger partial charge on any atom is -0.392 e. The number of hydrogen-bond acceptors (Lipinski definition) is 3. The highest BCUT2D eigenvalue weighted by atomic mass is 16.3. The smallest absolute Gasteiger partial charge is 0.0693 e. The third-order valence-electron chi connectivity index (χ3n) is 2.77. The number of aliphatic hydroxyl groups is 1. The largest absolute Gasteiger partial charge is 0.392 e. The van der Waals surface area contributed by atoms with E-state index in [0.717, 1.165) is 32.5 Å². The molecule has 0 aromatic heterocycles. The zero-order chi connectivity index (χ0) is 9.68. The fourth-order valence-corrected chi connectivity index (χ4v) is 1.70. The molecular weight excluding hydrogens is 164 g/mol. The molecule has 0 aromatic carbocycles.